The minimum atomic E-state index is -0.645. The van der Waals surface area contributed by atoms with Gasteiger partial charge in [-0.1, -0.05) is 39.8 Å². The molecule has 2 aromatic rings. The second kappa shape index (κ2) is 9.40. The van der Waals surface area contributed by atoms with Crippen LogP contribution in [0.1, 0.15) is 57.0 Å². The highest BCUT2D eigenvalue weighted by Gasteiger charge is 2.17. The van der Waals surface area contributed by atoms with E-state index >= 15 is 0 Å². The van der Waals surface area contributed by atoms with Gasteiger partial charge in [-0.3, -0.25) is 9.59 Å². The summed E-state index contributed by atoms with van der Waals surface area (Å²) in [5, 5.41) is 5.63. The monoisotopic (exact) mass is 382 g/mol. The first kappa shape index (κ1) is 21.5. The molecule has 5 heteroatoms. The van der Waals surface area contributed by atoms with Gasteiger partial charge in [0.2, 0.25) is 0 Å². The van der Waals surface area contributed by atoms with Crippen molar-refractivity contribution in [3.8, 4) is 5.75 Å². The van der Waals surface area contributed by atoms with Crippen molar-refractivity contribution >= 4 is 17.5 Å². The van der Waals surface area contributed by atoms with Gasteiger partial charge in [-0.15, -0.1) is 0 Å². The zero-order valence-electron chi connectivity index (χ0n) is 17.3. The van der Waals surface area contributed by atoms with E-state index in [2.05, 4.69) is 31.4 Å². The van der Waals surface area contributed by atoms with Gasteiger partial charge in [0.1, 0.15) is 5.75 Å². The molecule has 1 atom stereocenters. The summed E-state index contributed by atoms with van der Waals surface area (Å²) in [5.41, 5.74) is 2.46. The molecule has 0 aliphatic carbocycles. The van der Waals surface area contributed by atoms with E-state index in [1.807, 2.05) is 31.2 Å². The third-order valence-electron chi connectivity index (χ3n) is 4.35. The molecule has 150 valence electrons. The molecule has 0 radical (unpaired) electrons. The van der Waals surface area contributed by atoms with Gasteiger partial charge in [-0.25, -0.2) is 0 Å². The third kappa shape index (κ3) is 6.12. The predicted octanol–water partition coefficient (Wildman–Crippen LogP) is 4.53. The van der Waals surface area contributed by atoms with Gasteiger partial charge in [0.25, 0.3) is 11.8 Å². The molecule has 28 heavy (non-hydrogen) atoms. The summed E-state index contributed by atoms with van der Waals surface area (Å²) < 4.78 is 5.75. The van der Waals surface area contributed by atoms with Crippen LogP contribution in [0.15, 0.2) is 48.5 Å². The number of rotatable bonds is 7. The van der Waals surface area contributed by atoms with Crippen molar-refractivity contribution < 1.29 is 14.3 Å². The third-order valence-corrected chi connectivity index (χ3v) is 4.35. The van der Waals surface area contributed by atoms with Crippen molar-refractivity contribution in [2.75, 3.05) is 11.9 Å². The molecule has 2 aromatic carbocycles. The maximum Gasteiger partial charge on any atom is 0.265 e. The van der Waals surface area contributed by atoms with Crippen molar-refractivity contribution in [3.63, 3.8) is 0 Å². The lowest BCUT2D eigenvalue weighted by Gasteiger charge is -2.20. The van der Waals surface area contributed by atoms with E-state index in [4.69, 9.17) is 4.74 Å². The number of benzene rings is 2. The van der Waals surface area contributed by atoms with E-state index in [0.717, 1.165) is 6.42 Å². The van der Waals surface area contributed by atoms with Gasteiger partial charge in [-0.2, -0.15) is 0 Å². The number of nitrogens with one attached hydrogen (secondary N) is 2. The molecule has 0 heterocycles. The van der Waals surface area contributed by atoms with Crippen molar-refractivity contribution in [2.24, 2.45) is 0 Å². The number of hydrogen-bond donors (Lipinski definition) is 2. The summed E-state index contributed by atoms with van der Waals surface area (Å²) in [5.74, 6) is 0.289. The van der Waals surface area contributed by atoms with Crippen LogP contribution < -0.4 is 15.4 Å². The average molecular weight is 383 g/mol. The maximum atomic E-state index is 12.4. The van der Waals surface area contributed by atoms with E-state index < -0.39 is 6.10 Å². The van der Waals surface area contributed by atoms with Crippen molar-refractivity contribution in [1.29, 1.82) is 0 Å². The largest absolute Gasteiger partial charge is 0.481 e. The van der Waals surface area contributed by atoms with E-state index in [1.165, 1.54) is 5.56 Å². The highest BCUT2D eigenvalue weighted by Crippen LogP contribution is 2.24. The molecule has 0 bridgehead atoms. The first-order chi connectivity index (χ1) is 13.2. The molecule has 0 saturated carbocycles. The molecule has 0 aliphatic heterocycles. The lowest BCUT2D eigenvalue weighted by molar-refractivity contribution is -0.122. The zero-order valence-corrected chi connectivity index (χ0v) is 17.3. The fraction of sp³-hybridized carbons (Fsp3) is 0.391. The van der Waals surface area contributed by atoms with Gasteiger partial charge in [0.15, 0.2) is 6.10 Å². The highest BCUT2D eigenvalue weighted by atomic mass is 16.5. The fourth-order valence-electron chi connectivity index (χ4n) is 2.58. The highest BCUT2D eigenvalue weighted by molar-refractivity contribution is 5.96. The van der Waals surface area contributed by atoms with Gasteiger partial charge in [0, 0.05) is 17.8 Å². The first-order valence-electron chi connectivity index (χ1n) is 9.67. The number of carbonyl (C=O) groups excluding carboxylic acids is 2. The number of anilines is 1. The molecule has 0 aliphatic rings. The second-order valence-corrected chi connectivity index (χ2v) is 7.86. The van der Waals surface area contributed by atoms with Gasteiger partial charge < -0.3 is 15.4 Å². The molecule has 2 rings (SSSR count). The summed E-state index contributed by atoms with van der Waals surface area (Å²) in [6, 6.07) is 14.6. The van der Waals surface area contributed by atoms with Crippen LogP contribution in [0.5, 0.6) is 5.75 Å². The Labute approximate surface area is 167 Å². The fourth-order valence-corrected chi connectivity index (χ4v) is 2.58. The number of carbonyl (C=O) groups is 2. The lowest BCUT2D eigenvalue weighted by Crippen LogP contribution is -2.30. The summed E-state index contributed by atoms with van der Waals surface area (Å²) >= 11 is 0. The molecule has 0 fully saturated rings. The SMILES string of the molecule is CCCNC(=O)c1ccc(NC(=O)C(C)Oc2ccc(C(C)(C)C)cc2)cc1. The Balaban J connectivity index is 1.92. The van der Waals surface area contributed by atoms with Crippen LogP contribution in [0.4, 0.5) is 5.69 Å². The Morgan fingerprint density at radius 1 is 1.00 bits per heavy atom. The topological polar surface area (TPSA) is 67.4 Å². The molecule has 2 amide bonds. The Hall–Kier alpha value is -2.82. The predicted molar refractivity (Wildman–Crippen MR) is 113 cm³/mol. The summed E-state index contributed by atoms with van der Waals surface area (Å²) in [7, 11) is 0. The molecule has 0 aromatic heterocycles. The lowest BCUT2D eigenvalue weighted by atomic mass is 9.87. The van der Waals surface area contributed by atoms with Crippen molar-refractivity contribution in [3.05, 3.63) is 59.7 Å². The van der Waals surface area contributed by atoms with E-state index in [9.17, 15) is 9.59 Å². The number of ether oxygens (including phenoxy) is 1. The summed E-state index contributed by atoms with van der Waals surface area (Å²) in [6.45, 7) is 10.8. The van der Waals surface area contributed by atoms with Crippen LogP contribution >= 0.6 is 0 Å². The molecular weight excluding hydrogens is 352 g/mol. The zero-order chi connectivity index (χ0) is 20.7. The van der Waals surface area contributed by atoms with Crippen LogP contribution in [0.2, 0.25) is 0 Å². The Kier molecular flexibility index (Phi) is 7.21. The van der Waals surface area contributed by atoms with Crippen LogP contribution in [-0.4, -0.2) is 24.5 Å². The summed E-state index contributed by atoms with van der Waals surface area (Å²) in [6.07, 6.45) is 0.240. The summed E-state index contributed by atoms with van der Waals surface area (Å²) in [4.78, 5) is 24.3. The first-order valence-corrected chi connectivity index (χ1v) is 9.67. The molecular formula is C23H30N2O3. The molecule has 5 nitrogen and oxygen atoms in total. The van der Waals surface area contributed by atoms with Gasteiger partial charge >= 0.3 is 0 Å². The van der Waals surface area contributed by atoms with Crippen LogP contribution in [0, 0.1) is 0 Å². The molecule has 0 saturated heterocycles. The van der Waals surface area contributed by atoms with Gasteiger partial charge in [0.05, 0.1) is 0 Å². The van der Waals surface area contributed by atoms with Gasteiger partial charge in [-0.05, 0) is 60.7 Å². The standard InChI is InChI=1S/C23H30N2O3/c1-6-15-24-22(27)17-7-11-19(12-8-17)25-21(26)16(2)28-20-13-9-18(10-14-20)23(3,4)5/h7-14,16H,6,15H2,1-5H3,(H,24,27)(H,25,26). The Morgan fingerprint density at radius 3 is 2.14 bits per heavy atom. The minimum Gasteiger partial charge on any atom is -0.481 e. The minimum absolute atomic E-state index is 0.0706. The second-order valence-electron chi connectivity index (χ2n) is 7.86. The van der Waals surface area contributed by atoms with E-state index in [1.54, 1.807) is 31.2 Å². The van der Waals surface area contributed by atoms with Crippen LogP contribution in [-0.2, 0) is 10.2 Å². The van der Waals surface area contributed by atoms with Crippen LogP contribution in [0.25, 0.3) is 0 Å². The number of amides is 2. The average Bonchev–Trinajstić information content (AvgIpc) is 2.66. The normalized spacial score (nSPS) is 12.2. The van der Waals surface area contributed by atoms with Crippen LogP contribution in [0.3, 0.4) is 0 Å². The van der Waals surface area contributed by atoms with Crippen molar-refractivity contribution in [2.45, 2.75) is 52.6 Å². The number of hydrogen-bond acceptors (Lipinski definition) is 3. The Bertz CT molecular complexity index is 790. The smallest absolute Gasteiger partial charge is 0.265 e. The van der Waals surface area contributed by atoms with Crippen molar-refractivity contribution in [1.82, 2.24) is 5.32 Å². The molecule has 2 N–H and O–H groups in total. The van der Waals surface area contributed by atoms with E-state index in [0.29, 0.717) is 23.5 Å². The maximum absolute atomic E-state index is 12.4. The molecule has 1 unspecified atom stereocenters. The Morgan fingerprint density at radius 2 is 1.61 bits per heavy atom. The molecule has 0 spiro atoms. The van der Waals surface area contributed by atoms with E-state index in [-0.39, 0.29) is 17.2 Å². The quantitative estimate of drug-likeness (QED) is 0.739.